The Morgan fingerprint density at radius 2 is 0.500 bits per heavy atom. The van der Waals surface area contributed by atoms with E-state index in [1.807, 2.05) is 13.8 Å². The minimum Gasteiger partial charge on any atom is -0.222 e. The summed E-state index contributed by atoms with van der Waals surface area (Å²) in [6.45, 7) is 4.00. The molecule has 18 heavy (non-hydrogen) atoms. The minimum atomic E-state index is 0. The number of carbonyl (C=O) groups excluding carboxylic acids is 2. The standard InChI is InChI=1S/C2H6.2CHNO.10CH4/c1-2;2*2-1-3;;;;;;;;;;/h1-2H3;2*2H;10*1H4. The highest BCUT2D eigenvalue weighted by molar-refractivity contribution is 5.26. The number of isocyanates is 2. The van der Waals surface area contributed by atoms with Crippen LogP contribution >= 0.6 is 0 Å². The van der Waals surface area contributed by atoms with E-state index in [2.05, 4.69) is 0 Å². The van der Waals surface area contributed by atoms with Crippen molar-refractivity contribution in [1.82, 2.24) is 0 Å². The van der Waals surface area contributed by atoms with Gasteiger partial charge in [0.2, 0.25) is 12.2 Å². The first-order chi connectivity index (χ1) is 3.83. The normalized spacial score (nSPS) is 1.22. The Hall–Kier alpha value is -1.24. The molecule has 0 heterocycles. The van der Waals surface area contributed by atoms with Crippen LogP contribution in [0.25, 0.3) is 0 Å². The van der Waals surface area contributed by atoms with Gasteiger partial charge in [-0.15, -0.1) is 0 Å². The quantitative estimate of drug-likeness (QED) is 0.362. The van der Waals surface area contributed by atoms with Crippen LogP contribution in [0, 0.1) is 10.8 Å². The van der Waals surface area contributed by atoms with E-state index in [0.29, 0.717) is 0 Å². The molecule has 4 heteroatoms. The molecule has 0 atom stereocenters. The average Bonchev–Trinajstić information content (AvgIpc) is 1.75. The van der Waals surface area contributed by atoms with Crippen LogP contribution in [0.2, 0.25) is 0 Å². The molecule has 0 unspecified atom stereocenters. The molecule has 0 aromatic rings. The summed E-state index contributed by atoms with van der Waals surface area (Å²) in [5, 5.41) is 10.8. The van der Waals surface area contributed by atoms with Crippen LogP contribution in [0.4, 0.5) is 0 Å². The zero-order valence-corrected chi connectivity index (χ0v) is 4.82. The molecule has 0 aliphatic rings. The van der Waals surface area contributed by atoms with Crippen molar-refractivity contribution >= 4 is 12.2 Å². The SMILES string of the molecule is C.C.C.C.C.C.C.C.C.C.CC.N=C=O.N=C=O. The van der Waals surface area contributed by atoms with Gasteiger partial charge in [0, 0.05) is 0 Å². The lowest BCUT2D eigenvalue weighted by Crippen LogP contribution is -1.16. The molecule has 0 amide bonds. The van der Waals surface area contributed by atoms with Crippen LogP contribution in [-0.4, -0.2) is 12.2 Å². The molecule has 0 radical (unpaired) electrons. The third-order valence-electron chi connectivity index (χ3n) is 0. The first kappa shape index (κ1) is 294. The van der Waals surface area contributed by atoms with Gasteiger partial charge in [-0.2, -0.15) is 0 Å². The molecular weight excluding hydrogens is 228 g/mol. The first-order valence-electron chi connectivity index (χ1n) is 1.91. The highest BCUT2D eigenvalue weighted by atomic mass is 16.1. The Morgan fingerprint density at radius 1 is 0.500 bits per heavy atom. The summed E-state index contributed by atoms with van der Waals surface area (Å²) < 4.78 is 0. The van der Waals surface area contributed by atoms with Crippen molar-refractivity contribution in [3.05, 3.63) is 0 Å². The molecule has 0 aromatic carbocycles. The Balaban J connectivity index is -0.00000000150. The summed E-state index contributed by atoms with van der Waals surface area (Å²) >= 11 is 0. The summed E-state index contributed by atoms with van der Waals surface area (Å²) in [6.07, 6.45) is 1.50. The average molecular weight is 277 g/mol. The lowest BCUT2D eigenvalue weighted by molar-refractivity contribution is 0.562. The molecule has 0 fully saturated rings. The Bertz CT molecular complexity index is 71.8. The summed E-state index contributed by atoms with van der Waals surface area (Å²) in [6, 6.07) is 0. The van der Waals surface area contributed by atoms with Gasteiger partial charge < -0.3 is 0 Å². The Kier molecular flexibility index (Phi) is 97200. The molecule has 0 aromatic heterocycles. The monoisotopic (exact) mass is 276 g/mol. The maximum absolute atomic E-state index is 8.35. The summed E-state index contributed by atoms with van der Waals surface area (Å²) in [5.74, 6) is 0. The largest absolute Gasteiger partial charge is 0.231 e. The van der Waals surface area contributed by atoms with Crippen molar-refractivity contribution in [2.24, 2.45) is 0 Å². The molecule has 0 rings (SSSR count). The Morgan fingerprint density at radius 3 is 0.500 bits per heavy atom. The second kappa shape index (κ2) is 5940. The maximum Gasteiger partial charge on any atom is 0.231 e. The van der Waals surface area contributed by atoms with E-state index in [1.54, 1.807) is 0 Å². The van der Waals surface area contributed by atoms with Gasteiger partial charge in [0.05, 0.1) is 0 Å². The van der Waals surface area contributed by atoms with Crippen LogP contribution in [0.1, 0.15) is 88.1 Å². The molecule has 4 nitrogen and oxygen atoms in total. The number of hydrogen-bond donors (Lipinski definition) is 2. The third-order valence-corrected chi connectivity index (χ3v) is 0. The van der Waals surface area contributed by atoms with Crippen LogP contribution < -0.4 is 0 Å². The Labute approximate surface area is 121 Å². The minimum absolute atomic E-state index is 0. The van der Waals surface area contributed by atoms with Gasteiger partial charge in [-0.1, -0.05) is 88.1 Å². The zero-order chi connectivity index (χ0) is 7.41. The maximum atomic E-state index is 8.35. The molecule has 0 aliphatic heterocycles. The van der Waals surface area contributed by atoms with Gasteiger partial charge in [0.25, 0.3) is 0 Å². The molecular formula is C14H48N2O2. The van der Waals surface area contributed by atoms with E-state index in [-0.39, 0.29) is 74.3 Å². The van der Waals surface area contributed by atoms with Crippen molar-refractivity contribution in [3.63, 3.8) is 0 Å². The fourth-order valence-electron chi connectivity index (χ4n) is 0. The molecule has 0 bridgehead atoms. The van der Waals surface area contributed by atoms with Gasteiger partial charge in [-0.25, -0.2) is 20.4 Å². The molecule has 126 valence electrons. The van der Waals surface area contributed by atoms with E-state index in [0.717, 1.165) is 12.2 Å². The van der Waals surface area contributed by atoms with Crippen LogP contribution in [-0.2, 0) is 9.59 Å². The van der Waals surface area contributed by atoms with Crippen molar-refractivity contribution in [2.45, 2.75) is 88.1 Å². The number of hydrogen-bond acceptors (Lipinski definition) is 4. The van der Waals surface area contributed by atoms with Gasteiger partial charge in [0.1, 0.15) is 0 Å². The van der Waals surface area contributed by atoms with Crippen molar-refractivity contribution in [1.29, 1.82) is 10.8 Å². The zero-order valence-electron chi connectivity index (χ0n) is 4.82. The number of nitrogens with one attached hydrogen (secondary N) is 2. The van der Waals surface area contributed by atoms with Crippen LogP contribution in [0.5, 0.6) is 0 Å². The van der Waals surface area contributed by atoms with Gasteiger partial charge in [-0.05, 0) is 0 Å². The van der Waals surface area contributed by atoms with Crippen molar-refractivity contribution in [3.8, 4) is 0 Å². The van der Waals surface area contributed by atoms with Gasteiger partial charge in [-0.3, -0.25) is 0 Å². The first-order valence-corrected chi connectivity index (χ1v) is 1.91. The highest BCUT2D eigenvalue weighted by Gasteiger charge is 1.04. The smallest absolute Gasteiger partial charge is 0.222 e. The molecule has 0 saturated carbocycles. The number of rotatable bonds is 0. The van der Waals surface area contributed by atoms with Crippen LogP contribution in [0.3, 0.4) is 0 Å². The van der Waals surface area contributed by atoms with E-state index in [9.17, 15) is 0 Å². The van der Waals surface area contributed by atoms with Gasteiger partial charge >= 0.3 is 0 Å². The summed E-state index contributed by atoms with van der Waals surface area (Å²) in [7, 11) is 0. The fraction of sp³-hybridized carbons (Fsp3) is 0.857. The predicted octanol–water partition coefficient (Wildman–Crippen LogP) is 7.19. The van der Waals surface area contributed by atoms with Crippen molar-refractivity contribution < 1.29 is 9.59 Å². The summed E-state index contributed by atoms with van der Waals surface area (Å²) in [4.78, 5) is 16.7. The third kappa shape index (κ3) is 1820. The van der Waals surface area contributed by atoms with Gasteiger partial charge in [0.15, 0.2) is 0 Å². The summed E-state index contributed by atoms with van der Waals surface area (Å²) in [5.41, 5.74) is 0. The van der Waals surface area contributed by atoms with E-state index in [1.165, 1.54) is 0 Å². The fourth-order valence-corrected chi connectivity index (χ4v) is 0. The highest BCUT2D eigenvalue weighted by Crippen LogP contribution is 1.14. The van der Waals surface area contributed by atoms with E-state index < -0.39 is 0 Å². The van der Waals surface area contributed by atoms with E-state index >= 15 is 0 Å². The topological polar surface area (TPSA) is 81.8 Å². The lowest BCUT2D eigenvalue weighted by Gasteiger charge is -1.07. The second-order valence-corrected chi connectivity index (χ2v) is 0.204. The second-order valence-electron chi connectivity index (χ2n) is 0.204. The van der Waals surface area contributed by atoms with Crippen molar-refractivity contribution in [2.75, 3.05) is 0 Å². The lowest BCUT2D eigenvalue weighted by atomic mass is 11.0. The molecule has 2 N–H and O–H groups in total. The van der Waals surface area contributed by atoms with Crippen LogP contribution in [0.15, 0.2) is 0 Å². The molecule has 0 aliphatic carbocycles. The van der Waals surface area contributed by atoms with E-state index in [4.69, 9.17) is 20.4 Å². The molecule has 0 spiro atoms. The molecule has 0 saturated heterocycles. The predicted molar refractivity (Wildman–Crippen MR) is 95.5 cm³/mol.